The number of carbonyl (C=O) groups is 1. The Morgan fingerprint density at radius 3 is 2.84 bits per heavy atom. The van der Waals surface area contributed by atoms with E-state index in [0.717, 1.165) is 37.2 Å². The first kappa shape index (κ1) is 21.1. The third-order valence-corrected chi connectivity index (χ3v) is 7.52. The molecule has 2 aliphatic rings. The SMILES string of the molecule is Cc1cnc2c(N)c(C(=O)NCC(C)c3ccc(N4CC5CCC(C4)N5)c(F)c3)sc2n1. The van der Waals surface area contributed by atoms with Gasteiger partial charge in [0.15, 0.2) is 0 Å². The van der Waals surface area contributed by atoms with Crippen LogP contribution in [0.2, 0.25) is 0 Å². The van der Waals surface area contributed by atoms with Crippen LogP contribution in [0.25, 0.3) is 10.3 Å². The number of aromatic nitrogens is 2. The van der Waals surface area contributed by atoms with E-state index in [9.17, 15) is 9.18 Å². The number of nitrogen functional groups attached to an aromatic ring is 1. The Morgan fingerprint density at radius 1 is 1.38 bits per heavy atom. The van der Waals surface area contributed by atoms with Crippen molar-refractivity contribution in [2.24, 2.45) is 0 Å². The zero-order chi connectivity index (χ0) is 22.4. The molecule has 0 saturated carbocycles. The van der Waals surface area contributed by atoms with Gasteiger partial charge in [0.2, 0.25) is 0 Å². The molecule has 0 spiro atoms. The Hall–Kier alpha value is -2.78. The van der Waals surface area contributed by atoms with Crippen LogP contribution in [0.1, 0.15) is 46.6 Å². The van der Waals surface area contributed by atoms with Crippen LogP contribution in [0.3, 0.4) is 0 Å². The highest BCUT2D eigenvalue weighted by molar-refractivity contribution is 7.21. The van der Waals surface area contributed by atoms with Crippen molar-refractivity contribution in [3.05, 3.63) is 46.3 Å². The first-order valence-electron chi connectivity index (χ1n) is 11.0. The monoisotopic (exact) mass is 454 g/mol. The maximum atomic E-state index is 15.0. The predicted octanol–water partition coefficient (Wildman–Crippen LogP) is 3.20. The van der Waals surface area contributed by atoms with E-state index in [4.69, 9.17) is 5.73 Å². The normalized spacial score (nSPS) is 21.2. The summed E-state index contributed by atoms with van der Waals surface area (Å²) >= 11 is 1.24. The van der Waals surface area contributed by atoms with Crippen molar-refractivity contribution in [3.8, 4) is 0 Å². The summed E-state index contributed by atoms with van der Waals surface area (Å²) in [4.78, 5) is 24.6. The molecule has 5 rings (SSSR count). The number of amides is 1. The number of thiophene rings is 1. The number of carbonyl (C=O) groups excluding carboxylic acids is 1. The van der Waals surface area contributed by atoms with Crippen LogP contribution >= 0.6 is 11.3 Å². The van der Waals surface area contributed by atoms with Gasteiger partial charge in [0.25, 0.3) is 5.91 Å². The number of aryl methyl sites for hydroxylation is 1. The highest BCUT2D eigenvalue weighted by Gasteiger charge is 2.33. The molecule has 4 N–H and O–H groups in total. The number of hydrogen-bond acceptors (Lipinski definition) is 7. The number of rotatable bonds is 5. The lowest BCUT2D eigenvalue weighted by Gasteiger charge is -2.35. The lowest BCUT2D eigenvalue weighted by Crippen LogP contribution is -2.51. The quantitative estimate of drug-likeness (QED) is 0.548. The van der Waals surface area contributed by atoms with Crippen molar-refractivity contribution in [2.45, 2.75) is 44.7 Å². The van der Waals surface area contributed by atoms with Gasteiger partial charge in [-0.2, -0.15) is 0 Å². The van der Waals surface area contributed by atoms with Gasteiger partial charge < -0.3 is 21.3 Å². The van der Waals surface area contributed by atoms with Gasteiger partial charge in [0, 0.05) is 37.9 Å². The Labute approximate surface area is 190 Å². The molecule has 32 heavy (non-hydrogen) atoms. The van der Waals surface area contributed by atoms with Crippen molar-refractivity contribution in [1.82, 2.24) is 20.6 Å². The van der Waals surface area contributed by atoms with Crippen LogP contribution in [0.15, 0.2) is 24.4 Å². The molecule has 4 heterocycles. The van der Waals surface area contributed by atoms with E-state index in [1.807, 2.05) is 26.0 Å². The Bertz CT molecular complexity index is 1170. The van der Waals surface area contributed by atoms with E-state index in [0.29, 0.717) is 45.2 Å². The molecule has 2 fully saturated rings. The molecule has 3 aromatic rings. The molecular weight excluding hydrogens is 427 g/mol. The number of benzene rings is 1. The van der Waals surface area contributed by atoms with Crippen molar-refractivity contribution >= 4 is 39.0 Å². The summed E-state index contributed by atoms with van der Waals surface area (Å²) in [6, 6.07) is 6.34. The van der Waals surface area contributed by atoms with Crippen LogP contribution in [-0.4, -0.2) is 47.6 Å². The third-order valence-electron chi connectivity index (χ3n) is 6.43. The molecule has 2 bridgehead atoms. The fraction of sp³-hybridized carbons (Fsp3) is 0.435. The summed E-state index contributed by atoms with van der Waals surface area (Å²) < 4.78 is 15.0. The van der Waals surface area contributed by atoms with Crippen LogP contribution in [0.5, 0.6) is 0 Å². The van der Waals surface area contributed by atoms with Crippen LogP contribution in [0, 0.1) is 12.7 Å². The maximum Gasteiger partial charge on any atom is 0.263 e. The Kier molecular flexibility index (Phi) is 5.46. The Morgan fingerprint density at radius 2 is 2.12 bits per heavy atom. The molecule has 3 atom stereocenters. The lowest BCUT2D eigenvalue weighted by molar-refractivity contribution is 0.0956. The number of nitrogens with two attached hydrogens (primary N) is 1. The van der Waals surface area contributed by atoms with Gasteiger partial charge in [0.1, 0.15) is 21.0 Å². The predicted molar refractivity (Wildman–Crippen MR) is 126 cm³/mol. The molecule has 2 aliphatic heterocycles. The molecule has 1 amide bonds. The number of nitrogens with zero attached hydrogens (tertiary/aromatic N) is 3. The van der Waals surface area contributed by atoms with Gasteiger partial charge in [-0.1, -0.05) is 13.0 Å². The topological polar surface area (TPSA) is 96.2 Å². The molecule has 0 aliphatic carbocycles. The molecule has 1 aromatic carbocycles. The first-order valence-corrected chi connectivity index (χ1v) is 11.8. The zero-order valence-corrected chi connectivity index (χ0v) is 19.0. The molecule has 7 nitrogen and oxygen atoms in total. The van der Waals surface area contributed by atoms with E-state index in [2.05, 4.69) is 25.5 Å². The van der Waals surface area contributed by atoms with E-state index >= 15 is 0 Å². The van der Waals surface area contributed by atoms with Gasteiger partial charge >= 0.3 is 0 Å². The van der Waals surface area contributed by atoms with E-state index in [1.54, 1.807) is 12.3 Å². The second kappa shape index (κ2) is 8.29. The molecular formula is C23H27FN6OS. The molecule has 2 saturated heterocycles. The van der Waals surface area contributed by atoms with Gasteiger partial charge in [-0.05, 0) is 43.4 Å². The average molecular weight is 455 g/mol. The van der Waals surface area contributed by atoms with E-state index in [-0.39, 0.29) is 17.6 Å². The minimum atomic E-state index is -0.259. The molecule has 168 valence electrons. The summed E-state index contributed by atoms with van der Waals surface area (Å²) in [5.41, 5.74) is 9.33. The second-order valence-electron chi connectivity index (χ2n) is 8.87. The summed E-state index contributed by atoms with van der Waals surface area (Å²) in [6.07, 6.45) is 3.96. The number of hydrogen-bond donors (Lipinski definition) is 3. The molecule has 9 heteroatoms. The van der Waals surface area contributed by atoms with Crippen molar-refractivity contribution in [2.75, 3.05) is 30.3 Å². The number of nitrogens with one attached hydrogen (secondary N) is 2. The summed E-state index contributed by atoms with van der Waals surface area (Å²) in [5.74, 6) is -0.510. The fourth-order valence-electron chi connectivity index (χ4n) is 4.66. The van der Waals surface area contributed by atoms with Gasteiger partial charge in [-0.3, -0.25) is 4.79 Å². The third kappa shape index (κ3) is 3.91. The second-order valence-corrected chi connectivity index (χ2v) is 9.87. The van der Waals surface area contributed by atoms with Gasteiger partial charge in [-0.15, -0.1) is 11.3 Å². The maximum absolute atomic E-state index is 15.0. The fourth-order valence-corrected chi connectivity index (χ4v) is 5.68. The first-order chi connectivity index (χ1) is 15.4. The summed E-state index contributed by atoms with van der Waals surface area (Å²) in [5, 5.41) is 6.50. The lowest BCUT2D eigenvalue weighted by atomic mass is 10.00. The standard InChI is InChI=1S/C23H27FN6OS/c1-12(8-27-22(31)21-19(25)20-23(32-21)28-13(2)9-26-20)14-3-6-18(17(24)7-14)30-10-15-4-5-16(11-30)29-15/h3,6-7,9,12,15-16,29H,4-5,8,10-11,25H2,1-2H3,(H,27,31). The number of halogens is 1. The molecule has 3 unspecified atom stereocenters. The molecule has 2 aromatic heterocycles. The van der Waals surface area contributed by atoms with Crippen molar-refractivity contribution < 1.29 is 9.18 Å². The van der Waals surface area contributed by atoms with Crippen molar-refractivity contribution in [1.29, 1.82) is 0 Å². The van der Waals surface area contributed by atoms with E-state index < -0.39 is 0 Å². The Balaban J connectivity index is 1.25. The largest absolute Gasteiger partial charge is 0.396 e. The van der Waals surface area contributed by atoms with Crippen LogP contribution < -0.4 is 21.3 Å². The van der Waals surface area contributed by atoms with Gasteiger partial charge in [-0.25, -0.2) is 14.4 Å². The minimum absolute atomic E-state index is 0.0456. The smallest absolute Gasteiger partial charge is 0.263 e. The zero-order valence-electron chi connectivity index (χ0n) is 18.2. The van der Waals surface area contributed by atoms with Crippen LogP contribution in [0.4, 0.5) is 15.8 Å². The van der Waals surface area contributed by atoms with Gasteiger partial charge in [0.05, 0.1) is 17.1 Å². The average Bonchev–Trinajstić information content (AvgIpc) is 3.29. The van der Waals surface area contributed by atoms with Crippen LogP contribution in [-0.2, 0) is 0 Å². The highest BCUT2D eigenvalue weighted by atomic mass is 32.1. The molecule has 0 radical (unpaired) electrons. The van der Waals surface area contributed by atoms with E-state index in [1.165, 1.54) is 11.3 Å². The number of fused-ring (bicyclic) bond motifs is 3. The minimum Gasteiger partial charge on any atom is -0.396 e. The number of anilines is 2. The van der Waals surface area contributed by atoms with Crippen molar-refractivity contribution in [3.63, 3.8) is 0 Å². The summed E-state index contributed by atoms with van der Waals surface area (Å²) in [7, 11) is 0. The number of piperazine rings is 1. The highest BCUT2D eigenvalue weighted by Crippen LogP contribution is 2.32. The summed E-state index contributed by atoms with van der Waals surface area (Å²) in [6.45, 7) is 5.89.